The molecule has 2 aromatic rings. The maximum atomic E-state index is 13.0. The molecule has 0 N–H and O–H groups in total. The van der Waals surface area contributed by atoms with E-state index in [9.17, 15) is 9.18 Å². The highest BCUT2D eigenvalue weighted by Gasteiger charge is 2.02. The number of benzene rings is 1. The van der Waals surface area contributed by atoms with Crippen LogP contribution in [0.2, 0.25) is 0 Å². The van der Waals surface area contributed by atoms with E-state index < -0.39 is 0 Å². The van der Waals surface area contributed by atoms with E-state index in [4.69, 9.17) is 0 Å². The van der Waals surface area contributed by atoms with Gasteiger partial charge in [0.1, 0.15) is 5.82 Å². The van der Waals surface area contributed by atoms with Crippen LogP contribution in [-0.2, 0) is 0 Å². The normalized spacial score (nSPS) is 11.4. The maximum absolute atomic E-state index is 13.0. The van der Waals surface area contributed by atoms with Crippen LogP contribution in [0.25, 0.3) is 17.1 Å². The highest BCUT2D eigenvalue weighted by Crippen LogP contribution is 2.12. The lowest BCUT2D eigenvalue weighted by atomic mass is 10.2. The van der Waals surface area contributed by atoms with Gasteiger partial charge in [0.2, 0.25) is 0 Å². The summed E-state index contributed by atoms with van der Waals surface area (Å²) in [6, 6.07) is 4.29. The first-order chi connectivity index (χ1) is 8.22. The standard InChI is InChI=1S/C13H13FN2O/c1-2-3-4-7-16-12-6-5-11(14)8-10(12)9-15-13(16)17/h4-9H,2-3H2,1H3. The summed E-state index contributed by atoms with van der Waals surface area (Å²) in [7, 11) is 0. The van der Waals surface area contributed by atoms with Crippen LogP contribution in [0.5, 0.6) is 0 Å². The van der Waals surface area contributed by atoms with Crippen molar-refractivity contribution in [3.63, 3.8) is 0 Å². The van der Waals surface area contributed by atoms with Crippen LogP contribution in [0.1, 0.15) is 19.8 Å². The molecule has 4 heteroatoms. The minimum absolute atomic E-state index is 0.331. The van der Waals surface area contributed by atoms with Gasteiger partial charge in [0.25, 0.3) is 0 Å². The summed E-state index contributed by atoms with van der Waals surface area (Å²) in [6.07, 6.45) is 6.90. The summed E-state index contributed by atoms with van der Waals surface area (Å²) in [5, 5.41) is 0.616. The fourth-order valence-electron chi connectivity index (χ4n) is 1.63. The Morgan fingerprint density at radius 2 is 2.29 bits per heavy atom. The van der Waals surface area contributed by atoms with Crippen LogP contribution < -0.4 is 5.69 Å². The number of fused-ring (bicyclic) bond motifs is 1. The Kier molecular flexibility index (Phi) is 3.32. The van der Waals surface area contributed by atoms with Crippen molar-refractivity contribution in [2.75, 3.05) is 0 Å². The Morgan fingerprint density at radius 1 is 1.47 bits per heavy atom. The van der Waals surface area contributed by atoms with Gasteiger partial charge in [0, 0.05) is 17.8 Å². The second kappa shape index (κ2) is 4.91. The molecule has 1 aromatic carbocycles. The molecule has 17 heavy (non-hydrogen) atoms. The highest BCUT2D eigenvalue weighted by molar-refractivity contribution is 5.79. The fourth-order valence-corrected chi connectivity index (χ4v) is 1.63. The second-order valence-electron chi connectivity index (χ2n) is 3.79. The zero-order valence-corrected chi connectivity index (χ0v) is 9.56. The van der Waals surface area contributed by atoms with E-state index in [1.54, 1.807) is 12.3 Å². The van der Waals surface area contributed by atoms with Crippen LogP contribution in [0.3, 0.4) is 0 Å². The van der Waals surface area contributed by atoms with Crippen molar-refractivity contribution in [3.05, 3.63) is 46.8 Å². The number of hydrogen-bond acceptors (Lipinski definition) is 2. The summed E-state index contributed by atoms with van der Waals surface area (Å²) in [5.74, 6) is -0.331. The Bertz CT molecular complexity index is 616. The largest absolute Gasteiger partial charge is 0.352 e. The number of unbranched alkanes of at least 4 members (excludes halogenated alkanes) is 1. The molecule has 0 unspecified atom stereocenters. The van der Waals surface area contributed by atoms with Gasteiger partial charge in [0.05, 0.1) is 5.52 Å². The van der Waals surface area contributed by atoms with E-state index in [2.05, 4.69) is 11.9 Å². The first-order valence-corrected chi connectivity index (χ1v) is 5.56. The van der Waals surface area contributed by atoms with Gasteiger partial charge in [-0.05, 0) is 24.6 Å². The van der Waals surface area contributed by atoms with E-state index in [0.29, 0.717) is 10.9 Å². The van der Waals surface area contributed by atoms with Gasteiger partial charge in [-0.2, -0.15) is 0 Å². The Morgan fingerprint density at radius 3 is 3.06 bits per heavy atom. The lowest BCUT2D eigenvalue weighted by Crippen LogP contribution is -2.18. The number of nitrogens with zero attached hydrogens (tertiary/aromatic N) is 2. The van der Waals surface area contributed by atoms with Crippen molar-refractivity contribution in [1.82, 2.24) is 9.55 Å². The van der Waals surface area contributed by atoms with Gasteiger partial charge >= 0.3 is 5.69 Å². The van der Waals surface area contributed by atoms with Crippen LogP contribution in [0, 0.1) is 5.82 Å². The highest BCUT2D eigenvalue weighted by atomic mass is 19.1. The van der Waals surface area contributed by atoms with Gasteiger partial charge in [0.15, 0.2) is 0 Å². The van der Waals surface area contributed by atoms with Crippen LogP contribution in [-0.4, -0.2) is 9.55 Å². The number of halogens is 1. The molecule has 0 aliphatic carbocycles. The Balaban J connectivity index is 2.60. The predicted octanol–water partition coefficient (Wildman–Crippen LogP) is 2.81. The van der Waals surface area contributed by atoms with E-state index in [0.717, 1.165) is 12.8 Å². The van der Waals surface area contributed by atoms with Crippen molar-refractivity contribution in [2.45, 2.75) is 19.8 Å². The molecule has 0 aliphatic heterocycles. The number of hydrogen-bond donors (Lipinski definition) is 0. The van der Waals surface area contributed by atoms with Crippen molar-refractivity contribution in [1.29, 1.82) is 0 Å². The molecule has 0 saturated carbocycles. The van der Waals surface area contributed by atoms with Crippen LogP contribution >= 0.6 is 0 Å². The summed E-state index contributed by atoms with van der Waals surface area (Å²) < 4.78 is 14.5. The van der Waals surface area contributed by atoms with Gasteiger partial charge in [-0.1, -0.05) is 19.4 Å². The van der Waals surface area contributed by atoms with E-state index >= 15 is 0 Å². The molecule has 0 spiro atoms. The quantitative estimate of drug-likeness (QED) is 0.815. The predicted molar refractivity (Wildman–Crippen MR) is 66.2 cm³/mol. The molecular weight excluding hydrogens is 219 g/mol. The third-order valence-corrected chi connectivity index (χ3v) is 2.48. The molecule has 0 saturated heterocycles. The minimum Gasteiger partial charge on any atom is -0.268 e. The monoisotopic (exact) mass is 232 g/mol. The fraction of sp³-hybridized carbons (Fsp3) is 0.231. The Labute approximate surface area is 98.2 Å². The first kappa shape index (κ1) is 11.5. The molecule has 1 heterocycles. The van der Waals surface area contributed by atoms with Crippen molar-refractivity contribution < 1.29 is 4.39 Å². The lowest BCUT2D eigenvalue weighted by Gasteiger charge is -2.04. The second-order valence-corrected chi connectivity index (χ2v) is 3.79. The molecule has 0 aliphatic rings. The SMILES string of the molecule is CCCC=Cn1c(=O)ncc2cc(F)ccc21. The number of rotatable bonds is 3. The molecule has 2 rings (SSSR count). The molecule has 0 fully saturated rings. The molecule has 0 bridgehead atoms. The molecule has 0 amide bonds. The van der Waals surface area contributed by atoms with Gasteiger partial charge in [-0.15, -0.1) is 0 Å². The smallest absolute Gasteiger partial charge is 0.268 e. The van der Waals surface area contributed by atoms with Crippen molar-refractivity contribution in [2.24, 2.45) is 0 Å². The minimum atomic E-state index is -0.350. The van der Waals surface area contributed by atoms with Crippen molar-refractivity contribution >= 4 is 17.1 Å². The van der Waals surface area contributed by atoms with E-state index in [1.165, 1.54) is 22.9 Å². The van der Waals surface area contributed by atoms with Crippen LogP contribution in [0.15, 0.2) is 35.3 Å². The number of aromatic nitrogens is 2. The molecule has 1 aromatic heterocycles. The summed E-state index contributed by atoms with van der Waals surface area (Å²) >= 11 is 0. The van der Waals surface area contributed by atoms with Gasteiger partial charge < -0.3 is 0 Å². The third-order valence-electron chi connectivity index (χ3n) is 2.48. The lowest BCUT2D eigenvalue weighted by molar-refractivity contribution is 0.629. The summed E-state index contributed by atoms with van der Waals surface area (Å²) in [5.41, 5.74) is 0.315. The number of allylic oxidation sites excluding steroid dienone is 1. The Hall–Kier alpha value is -1.97. The molecular formula is C13H13FN2O. The zero-order valence-electron chi connectivity index (χ0n) is 9.56. The van der Waals surface area contributed by atoms with E-state index in [-0.39, 0.29) is 11.5 Å². The van der Waals surface area contributed by atoms with Gasteiger partial charge in [-0.3, -0.25) is 4.57 Å². The topological polar surface area (TPSA) is 34.9 Å². The molecule has 0 radical (unpaired) electrons. The molecule has 3 nitrogen and oxygen atoms in total. The summed E-state index contributed by atoms with van der Waals surface area (Å²) in [6.45, 7) is 2.06. The van der Waals surface area contributed by atoms with Crippen molar-refractivity contribution in [3.8, 4) is 0 Å². The third kappa shape index (κ3) is 2.41. The average Bonchev–Trinajstić information content (AvgIpc) is 2.32. The van der Waals surface area contributed by atoms with E-state index in [1.807, 2.05) is 6.08 Å². The van der Waals surface area contributed by atoms with Crippen LogP contribution in [0.4, 0.5) is 4.39 Å². The average molecular weight is 232 g/mol. The summed E-state index contributed by atoms with van der Waals surface area (Å²) in [4.78, 5) is 15.3. The first-order valence-electron chi connectivity index (χ1n) is 5.56. The molecule has 0 atom stereocenters. The zero-order chi connectivity index (χ0) is 12.3. The molecule has 88 valence electrons. The maximum Gasteiger partial charge on any atom is 0.352 e. The van der Waals surface area contributed by atoms with Gasteiger partial charge in [-0.25, -0.2) is 14.2 Å².